The van der Waals surface area contributed by atoms with Gasteiger partial charge in [0.05, 0.1) is 19.3 Å². The predicted molar refractivity (Wildman–Crippen MR) is 106 cm³/mol. The van der Waals surface area contributed by atoms with Crippen LogP contribution in [0.4, 0.5) is 0 Å². The molecule has 2 aromatic carbocycles. The van der Waals surface area contributed by atoms with Crippen molar-refractivity contribution in [3.63, 3.8) is 0 Å². The second-order valence-electron chi connectivity index (χ2n) is 6.25. The van der Waals surface area contributed by atoms with Crippen LogP contribution in [0.3, 0.4) is 0 Å². The molecular formula is C20H25N2O3S+. The summed E-state index contributed by atoms with van der Waals surface area (Å²) >= 11 is 1.66. The number of fused-ring (bicyclic) bond motifs is 1. The lowest BCUT2D eigenvalue weighted by Gasteiger charge is -2.32. The van der Waals surface area contributed by atoms with Gasteiger partial charge in [-0.1, -0.05) is 42.1 Å². The number of nitrogens with two attached hydrogens (primary N) is 1. The molecule has 1 aliphatic rings. The summed E-state index contributed by atoms with van der Waals surface area (Å²) in [6, 6.07) is 12.1. The summed E-state index contributed by atoms with van der Waals surface area (Å²) in [5.74, 6) is 0.117. The molecule has 0 unspecified atom stereocenters. The third-order valence-electron chi connectivity index (χ3n) is 4.77. The first kappa shape index (κ1) is 18.7. The number of aliphatic imine (C=N–C) groups is 1. The van der Waals surface area contributed by atoms with Gasteiger partial charge in [-0.3, -0.25) is 4.79 Å². The van der Waals surface area contributed by atoms with E-state index in [1.165, 1.54) is 7.11 Å². The van der Waals surface area contributed by atoms with Crippen LogP contribution in [-0.2, 0) is 9.53 Å². The van der Waals surface area contributed by atoms with Crippen LogP contribution < -0.4 is 10.1 Å². The number of nitrogens with zero attached hydrogens (tertiary/aromatic N) is 1. The smallest absolute Gasteiger partial charge is 0.320 e. The number of benzene rings is 2. The number of hydrogen-bond donors (Lipinski definition) is 1. The zero-order valence-electron chi connectivity index (χ0n) is 15.6. The maximum atomic E-state index is 12.6. The molecule has 0 amide bonds. The Kier molecular flexibility index (Phi) is 5.84. The van der Waals surface area contributed by atoms with Crippen molar-refractivity contribution in [2.75, 3.05) is 20.0 Å². The van der Waals surface area contributed by atoms with Crippen LogP contribution >= 0.6 is 11.8 Å². The molecule has 6 heteroatoms. The minimum Gasteiger partial charge on any atom is -0.493 e. The van der Waals surface area contributed by atoms with Crippen LogP contribution in [0.25, 0.3) is 10.8 Å². The number of hydrogen-bond acceptors (Lipinski definition) is 5. The summed E-state index contributed by atoms with van der Waals surface area (Å²) in [4.78, 5) is 17.3. The predicted octanol–water partition coefficient (Wildman–Crippen LogP) is 2.75. The number of esters is 1. The van der Waals surface area contributed by atoms with Crippen LogP contribution in [-0.4, -0.2) is 37.2 Å². The van der Waals surface area contributed by atoms with Gasteiger partial charge in [0.25, 0.3) is 0 Å². The van der Waals surface area contributed by atoms with Crippen molar-refractivity contribution in [3.8, 4) is 5.75 Å². The molecule has 0 aromatic heterocycles. The molecule has 26 heavy (non-hydrogen) atoms. The van der Waals surface area contributed by atoms with Crippen molar-refractivity contribution >= 4 is 34.2 Å². The number of carbonyl (C=O) groups excluding carboxylic acids is 1. The topological polar surface area (TPSA) is 64.5 Å². The second kappa shape index (κ2) is 8.10. The highest BCUT2D eigenvalue weighted by Crippen LogP contribution is 2.37. The number of rotatable bonds is 5. The van der Waals surface area contributed by atoms with Gasteiger partial charge in [0.15, 0.2) is 5.92 Å². The highest BCUT2D eigenvalue weighted by Gasteiger charge is 2.43. The van der Waals surface area contributed by atoms with Gasteiger partial charge in [-0.05, 0) is 36.9 Å². The van der Waals surface area contributed by atoms with Crippen molar-refractivity contribution in [1.29, 1.82) is 0 Å². The van der Waals surface area contributed by atoms with E-state index in [2.05, 4.69) is 28.5 Å². The Morgan fingerprint density at radius 1 is 1.27 bits per heavy atom. The van der Waals surface area contributed by atoms with Gasteiger partial charge in [0.2, 0.25) is 5.50 Å². The van der Waals surface area contributed by atoms with Crippen LogP contribution in [0.2, 0.25) is 0 Å². The zero-order valence-corrected chi connectivity index (χ0v) is 16.4. The molecule has 138 valence electrons. The van der Waals surface area contributed by atoms with Gasteiger partial charge in [-0.2, -0.15) is 0 Å². The highest BCUT2D eigenvalue weighted by molar-refractivity contribution is 7.98. The second-order valence-corrected chi connectivity index (χ2v) is 7.20. The normalized spacial score (nSPS) is 22.8. The summed E-state index contributed by atoms with van der Waals surface area (Å²) in [6.07, 6.45) is 2.03. The standard InChI is InChI=1S/C20H24N2O3S/c1-5-25-15-11-10-13-8-6-7-9-14(13)17(15)18-16(19(23)24-3)12(2)21-20(22-18)26-4/h6-11,16,18,20,22H,5H2,1-4H3/p+1/t16-,18-,20-/m1/s1. The van der Waals surface area contributed by atoms with Crippen molar-refractivity contribution in [3.05, 3.63) is 42.0 Å². The first-order chi connectivity index (χ1) is 12.6. The summed E-state index contributed by atoms with van der Waals surface area (Å²) in [5, 5.41) is 4.37. The lowest BCUT2D eigenvalue weighted by Crippen LogP contribution is -2.92. The van der Waals surface area contributed by atoms with Gasteiger partial charge < -0.3 is 14.8 Å². The Morgan fingerprint density at radius 3 is 2.73 bits per heavy atom. The van der Waals surface area contributed by atoms with E-state index in [1.54, 1.807) is 11.8 Å². The number of carbonyl (C=O) groups is 1. The Bertz CT molecular complexity index is 837. The molecule has 0 saturated carbocycles. The van der Waals surface area contributed by atoms with Gasteiger partial charge in [0, 0.05) is 5.71 Å². The van der Waals surface area contributed by atoms with E-state index in [0.29, 0.717) is 6.61 Å². The Labute approximate surface area is 158 Å². The fraction of sp³-hybridized carbons (Fsp3) is 0.400. The molecule has 3 rings (SSSR count). The first-order valence-corrected chi connectivity index (χ1v) is 10.0. The number of thioether (sulfide) groups is 1. The van der Waals surface area contributed by atoms with E-state index in [-0.39, 0.29) is 17.5 Å². The SMILES string of the molecule is CCOc1ccc2ccccc2c1[C@@H]1[NH2+][C@H](SC)N=C(C)[C@H]1C(=O)OC. The molecule has 0 bridgehead atoms. The molecule has 0 saturated heterocycles. The zero-order chi connectivity index (χ0) is 18.7. The molecule has 3 atom stereocenters. The molecule has 0 radical (unpaired) electrons. The molecule has 5 nitrogen and oxygen atoms in total. The lowest BCUT2D eigenvalue weighted by molar-refractivity contribution is -0.712. The van der Waals surface area contributed by atoms with Crippen LogP contribution in [0.5, 0.6) is 5.75 Å². The molecule has 0 aliphatic carbocycles. The molecule has 2 N–H and O–H groups in total. The molecule has 1 aliphatic heterocycles. The van der Waals surface area contributed by atoms with Gasteiger partial charge in [-0.15, -0.1) is 0 Å². The van der Waals surface area contributed by atoms with E-state index < -0.39 is 5.92 Å². The summed E-state index contributed by atoms with van der Waals surface area (Å²) < 4.78 is 11.1. The number of ether oxygens (including phenoxy) is 2. The van der Waals surface area contributed by atoms with Gasteiger partial charge in [-0.25, -0.2) is 4.99 Å². The summed E-state index contributed by atoms with van der Waals surface area (Å²) in [6.45, 7) is 4.45. The van der Waals surface area contributed by atoms with E-state index in [1.807, 2.05) is 38.3 Å². The number of quaternary nitrogens is 1. The van der Waals surface area contributed by atoms with E-state index in [0.717, 1.165) is 27.8 Å². The minimum atomic E-state index is -0.437. The van der Waals surface area contributed by atoms with E-state index in [4.69, 9.17) is 9.47 Å². The quantitative estimate of drug-likeness (QED) is 0.819. The third-order valence-corrected chi connectivity index (χ3v) is 5.52. The highest BCUT2D eigenvalue weighted by atomic mass is 32.2. The molecule has 0 fully saturated rings. The minimum absolute atomic E-state index is 0.00866. The van der Waals surface area contributed by atoms with Gasteiger partial charge >= 0.3 is 5.97 Å². The average Bonchev–Trinajstić information content (AvgIpc) is 2.66. The maximum absolute atomic E-state index is 12.6. The molecule has 0 spiro atoms. The molecular weight excluding hydrogens is 348 g/mol. The fourth-order valence-electron chi connectivity index (χ4n) is 3.61. The Hall–Kier alpha value is -2.05. The Balaban J connectivity index is 2.22. The summed E-state index contributed by atoms with van der Waals surface area (Å²) in [7, 11) is 1.43. The fourth-order valence-corrected chi connectivity index (χ4v) is 4.21. The average molecular weight is 373 g/mol. The van der Waals surface area contributed by atoms with Crippen LogP contribution in [0.1, 0.15) is 25.5 Å². The largest absolute Gasteiger partial charge is 0.493 e. The van der Waals surface area contributed by atoms with Crippen molar-refractivity contribution < 1.29 is 19.6 Å². The van der Waals surface area contributed by atoms with Crippen molar-refractivity contribution in [1.82, 2.24) is 0 Å². The lowest BCUT2D eigenvalue weighted by atomic mass is 9.85. The van der Waals surface area contributed by atoms with Crippen LogP contribution in [0.15, 0.2) is 41.4 Å². The third kappa shape index (κ3) is 3.44. The van der Waals surface area contributed by atoms with E-state index >= 15 is 0 Å². The monoisotopic (exact) mass is 373 g/mol. The van der Waals surface area contributed by atoms with Crippen molar-refractivity contribution in [2.24, 2.45) is 10.9 Å². The molecule has 2 aromatic rings. The number of methoxy groups -OCH3 is 1. The maximum Gasteiger partial charge on any atom is 0.320 e. The van der Waals surface area contributed by atoms with Crippen LogP contribution in [0, 0.1) is 5.92 Å². The summed E-state index contributed by atoms with van der Waals surface area (Å²) in [5.41, 5.74) is 1.85. The van der Waals surface area contributed by atoms with Crippen molar-refractivity contribution in [2.45, 2.75) is 25.4 Å². The van der Waals surface area contributed by atoms with Gasteiger partial charge in [0.1, 0.15) is 11.8 Å². The van der Waals surface area contributed by atoms with E-state index in [9.17, 15) is 4.79 Å². The molecule has 1 heterocycles. The Morgan fingerprint density at radius 2 is 2.04 bits per heavy atom. The first-order valence-electron chi connectivity index (χ1n) is 8.75.